The molecule has 1 aliphatic carbocycles. The zero-order valence-electron chi connectivity index (χ0n) is 6.64. The van der Waals surface area contributed by atoms with E-state index >= 15 is 0 Å². The van der Waals surface area contributed by atoms with Gasteiger partial charge in [0.05, 0.1) is 0 Å². The van der Waals surface area contributed by atoms with E-state index in [-0.39, 0.29) is 24.3 Å². The first kappa shape index (κ1) is 7.76. The fraction of sp³-hybridized carbons (Fsp3) is 0.625. The predicted molar refractivity (Wildman–Crippen MR) is 39.4 cm³/mol. The van der Waals surface area contributed by atoms with Crippen LogP contribution in [0, 0.1) is 0 Å². The maximum absolute atomic E-state index is 10.6. The number of hydrogen-bond donors (Lipinski definition) is 1. The van der Waals surface area contributed by atoms with Crippen LogP contribution in [0.3, 0.4) is 0 Å². The lowest BCUT2D eigenvalue weighted by Crippen LogP contribution is -2.29. The molecule has 0 aromatic rings. The largest absolute Gasteiger partial charge is 0.455 e. The van der Waals surface area contributed by atoms with E-state index in [1.54, 1.807) is 12.2 Å². The zero-order valence-corrected chi connectivity index (χ0v) is 6.64. The maximum Gasteiger partial charge on any atom is 0.303 e. The van der Waals surface area contributed by atoms with Crippen LogP contribution < -0.4 is 0 Å². The standard InChI is InChI=1S/C8H10O4/c1-4(9)11-6-3-2-5(10)7-8(6)12-7/h2-3,5-8,10H,1H3/t5-,6+,7-,8+/m1/s1. The van der Waals surface area contributed by atoms with Gasteiger partial charge in [-0.15, -0.1) is 0 Å². The molecule has 0 unspecified atom stereocenters. The van der Waals surface area contributed by atoms with Crippen molar-refractivity contribution in [3.63, 3.8) is 0 Å². The Morgan fingerprint density at radius 3 is 2.92 bits per heavy atom. The highest BCUT2D eigenvalue weighted by Gasteiger charge is 2.51. The van der Waals surface area contributed by atoms with Crippen LogP contribution in [0.1, 0.15) is 6.92 Å². The number of rotatable bonds is 1. The Morgan fingerprint density at radius 2 is 2.25 bits per heavy atom. The molecule has 12 heavy (non-hydrogen) atoms. The van der Waals surface area contributed by atoms with Crippen molar-refractivity contribution in [2.24, 2.45) is 0 Å². The minimum atomic E-state index is -0.540. The fourth-order valence-corrected chi connectivity index (χ4v) is 1.42. The summed E-state index contributed by atoms with van der Waals surface area (Å²) in [4.78, 5) is 10.6. The molecule has 66 valence electrons. The number of ether oxygens (including phenoxy) is 2. The summed E-state index contributed by atoms with van der Waals surface area (Å²) in [7, 11) is 0. The van der Waals surface area contributed by atoms with Crippen molar-refractivity contribution < 1.29 is 19.4 Å². The highest BCUT2D eigenvalue weighted by atomic mass is 16.6. The first-order chi connectivity index (χ1) is 5.68. The number of esters is 1. The zero-order chi connectivity index (χ0) is 8.72. The number of carbonyl (C=O) groups is 1. The molecule has 0 aromatic heterocycles. The third kappa shape index (κ3) is 1.23. The minimum absolute atomic E-state index is 0.131. The number of aliphatic hydroxyl groups is 1. The lowest BCUT2D eigenvalue weighted by atomic mass is 10.0. The molecule has 1 heterocycles. The predicted octanol–water partition coefficient (Wildman–Crippen LogP) is -0.384. The van der Waals surface area contributed by atoms with Crippen LogP contribution >= 0.6 is 0 Å². The second-order valence-corrected chi connectivity index (χ2v) is 3.01. The number of epoxide rings is 1. The molecule has 0 radical (unpaired) electrons. The van der Waals surface area contributed by atoms with Crippen molar-refractivity contribution in [3.8, 4) is 0 Å². The Morgan fingerprint density at radius 1 is 1.50 bits per heavy atom. The molecule has 2 aliphatic rings. The van der Waals surface area contributed by atoms with E-state index in [2.05, 4.69) is 0 Å². The van der Waals surface area contributed by atoms with Gasteiger partial charge in [-0.25, -0.2) is 0 Å². The molecule has 4 heteroatoms. The number of hydrogen-bond acceptors (Lipinski definition) is 4. The Kier molecular flexibility index (Phi) is 1.66. The summed E-state index contributed by atoms with van der Waals surface area (Å²) in [5, 5.41) is 9.22. The molecule has 1 N–H and O–H groups in total. The van der Waals surface area contributed by atoms with Gasteiger partial charge in [0.1, 0.15) is 24.4 Å². The third-order valence-corrected chi connectivity index (χ3v) is 2.02. The van der Waals surface area contributed by atoms with Crippen LogP contribution in [-0.4, -0.2) is 35.5 Å². The number of carbonyl (C=O) groups excluding carboxylic acids is 1. The normalized spacial score (nSPS) is 43.5. The SMILES string of the molecule is CC(=O)O[C@H]1C=C[C@@H](O)[C@H]2O[C@H]21. The summed E-state index contributed by atoms with van der Waals surface area (Å²) < 4.78 is 10.0. The first-order valence-corrected chi connectivity index (χ1v) is 3.87. The second kappa shape index (κ2) is 2.57. The van der Waals surface area contributed by atoms with Gasteiger partial charge in [-0.3, -0.25) is 4.79 Å². The lowest BCUT2D eigenvalue weighted by molar-refractivity contribution is -0.145. The van der Waals surface area contributed by atoms with Crippen molar-refractivity contribution in [1.29, 1.82) is 0 Å². The summed E-state index contributed by atoms with van der Waals surface area (Å²) in [6, 6.07) is 0. The van der Waals surface area contributed by atoms with Crippen LogP contribution in [0.2, 0.25) is 0 Å². The van der Waals surface area contributed by atoms with Crippen LogP contribution in [-0.2, 0) is 14.3 Å². The van der Waals surface area contributed by atoms with Crippen LogP contribution in [0.4, 0.5) is 0 Å². The molecule has 1 fully saturated rings. The quantitative estimate of drug-likeness (QED) is 0.331. The van der Waals surface area contributed by atoms with Gasteiger partial charge in [-0.2, -0.15) is 0 Å². The van der Waals surface area contributed by atoms with Crippen LogP contribution in [0.25, 0.3) is 0 Å². The van der Waals surface area contributed by atoms with Gasteiger partial charge >= 0.3 is 5.97 Å². The molecule has 0 amide bonds. The molecule has 0 aromatic carbocycles. The molecule has 4 atom stereocenters. The Bertz CT molecular complexity index is 235. The summed E-state index contributed by atoms with van der Waals surface area (Å²) in [6.07, 6.45) is 2.12. The molecule has 0 saturated carbocycles. The average Bonchev–Trinajstić information content (AvgIpc) is 2.73. The molecule has 0 spiro atoms. The van der Waals surface area contributed by atoms with E-state index in [9.17, 15) is 9.90 Å². The van der Waals surface area contributed by atoms with Crippen molar-refractivity contribution in [3.05, 3.63) is 12.2 Å². The number of aliphatic hydroxyl groups excluding tert-OH is 1. The van der Waals surface area contributed by atoms with Gasteiger partial charge in [0.2, 0.25) is 0 Å². The summed E-state index contributed by atoms with van der Waals surface area (Å²) in [5.41, 5.74) is 0. The lowest BCUT2D eigenvalue weighted by Gasteiger charge is -2.14. The Balaban J connectivity index is 2.00. The van der Waals surface area contributed by atoms with Gasteiger partial charge in [0.25, 0.3) is 0 Å². The van der Waals surface area contributed by atoms with Gasteiger partial charge < -0.3 is 14.6 Å². The maximum atomic E-state index is 10.6. The monoisotopic (exact) mass is 170 g/mol. The van der Waals surface area contributed by atoms with E-state index in [4.69, 9.17) is 9.47 Å². The van der Waals surface area contributed by atoms with Gasteiger partial charge in [-0.1, -0.05) is 6.08 Å². The smallest absolute Gasteiger partial charge is 0.303 e. The average molecular weight is 170 g/mol. The Labute approximate surface area is 69.8 Å². The van der Waals surface area contributed by atoms with E-state index in [0.29, 0.717) is 0 Å². The minimum Gasteiger partial charge on any atom is -0.455 e. The van der Waals surface area contributed by atoms with Crippen LogP contribution in [0.15, 0.2) is 12.2 Å². The summed E-state index contributed by atoms with van der Waals surface area (Å²) in [6.45, 7) is 1.36. The first-order valence-electron chi connectivity index (χ1n) is 3.87. The molecule has 4 nitrogen and oxygen atoms in total. The molecule has 2 rings (SSSR count). The van der Waals surface area contributed by atoms with Crippen molar-refractivity contribution in [1.82, 2.24) is 0 Å². The van der Waals surface area contributed by atoms with Crippen molar-refractivity contribution in [2.75, 3.05) is 0 Å². The van der Waals surface area contributed by atoms with E-state index < -0.39 is 6.10 Å². The van der Waals surface area contributed by atoms with E-state index in [1.807, 2.05) is 0 Å². The summed E-state index contributed by atoms with van der Waals surface area (Å²) in [5.74, 6) is -0.324. The molecular formula is C8H10O4. The summed E-state index contributed by atoms with van der Waals surface area (Å²) >= 11 is 0. The van der Waals surface area contributed by atoms with E-state index in [1.165, 1.54) is 6.92 Å². The van der Waals surface area contributed by atoms with Crippen molar-refractivity contribution >= 4 is 5.97 Å². The molecule has 1 aliphatic heterocycles. The topological polar surface area (TPSA) is 59.1 Å². The van der Waals surface area contributed by atoms with Gasteiger partial charge in [0, 0.05) is 6.92 Å². The molecular weight excluding hydrogens is 160 g/mol. The highest BCUT2D eigenvalue weighted by Crippen LogP contribution is 2.34. The van der Waals surface area contributed by atoms with Crippen molar-refractivity contribution in [2.45, 2.75) is 31.3 Å². The van der Waals surface area contributed by atoms with Gasteiger partial charge in [0.15, 0.2) is 0 Å². The molecule has 0 bridgehead atoms. The fourth-order valence-electron chi connectivity index (χ4n) is 1.42. The highest BCUT2D eigenvalue weighted by molar-refractivity contribution is 5.66. The second-order valence-electron chi connectivity index (χ2n) is 3.01. The Hall–Kier alpha value is -0.870. The third-order valence-electron chi connectivity index (χ3n) is 2.02. The van der Waals surface area contributed by atoms with Gasteiger partial charge in [-0.05, 0) is 6.08 Å². The van der Waals surface area contributed by atoms with Crippen LogP contribution in [0.5, 0.6) is 0 Å². The number of fused-ring (bicyclic) bond motifs is 1. The molecule has 1 saturated heterocycles. The van der Waals surface area contributed by atoms with E-state index in [0.717, 1.165) is 0 Å².